The fraction of sp³-hybridized carbons (Fsp3) is 0.120. The van der Waals surface area contributed by atoms with Gasteiger partial charge in [0.15, 0.2) is 0 Å². The zero-order valence-corrected chi connectivity index (χ0v) is 17.4. The first-order valence-electron chi connectivity index (χ1n) is 9.66. The summed E-state index contributed by atoms with van der Waals surface area (Å²) in [6, 6.07) is 26.9. The summed E-state index contributed by atoms with van der Waals surface area (Å²) < 4.78 is 0. The van der Waals surface area contributed by atoms with E-state index in [4.69, 9.17) is 11.6 Å². The number of halogens is 1. The van der Waals surface area contributed by atoms with Gasteiger partial charge in [-0.1, -0.05) is 54.1 Å². The van der Waals surface area contributed by atoms with Crippen molar-refractivity contribution in [3.8, 4) is 6.07 Å². The molecular weight excluding hydrogens is 394 g/mol. The third kappa shape index (κ3) is 5.73. The summed E-state index contributed by atoms with van der Waals surface area (Å²) in [4.78, 5) is 14.7. The van der Waals surface area contributed by atoms with Crippen molar-refractivity contribution < 1.29 is 4.79 Å². The molecule has 0 fully saturated rings. The Morgan fingerprint density at radius 3 is 2.30 bits per heavy atom. The molecule has 0 unspecified atom stereocenters. The number of rotatable bonds is 7. The van der Waals surface area contributed by atoms with E-state index in [1.807, 2.05) is 48.5 Å². The maximum absolute atomic E-state index is 12.4. The molecule has 0 bridgehead atoms. The van der Waals surface area contributed by atoms with Crippen molar-refractivity contribution in [2.45, 2.75) is 13.5 Å². The number of nitrogens with zero attached hydrogens (tertiary/aromatic N) is 2. The molecule has 5 heteroatoms. The maximum Gasteiger partial charge on any atom is 0.266 e. The molecule has 0 heterocycles. The Morgan fingerprint density at radius 2 is 1.70 bits per heavy atom. The summed E-state index contributed by atoms with van der Waals surface area (Å²) in [5.74, 6) is -0.455. The van der Waals surface area contributed by atoms with Crippen LogP contribution < -0.4 is 10.2 Å². The molecule has 0 spiro atoms. The maximum atomic E-state index is 12.4. The molecule has 150 valence electrons. The lowest BCUT2D eigenvalue weighted by Gasteiger charge is -2.23. The lowest BCUT2D eigenvalue weighted by molar-refractivity contribution is -0.112. The summed E-state index contributed by atoms with van der Waals surface area (Å²) in [6.07, 6.45) is 1.59. The van der Waals surface area contributed by atoms with Crippen molar-refractivity contribution in [2.75, 3.05) is 16.8 Å². The number of carbonyl (C=O) groups excluding carboxylic acids is 1. The quantitative estimate of drug-likeness (QED) is 0.385. The molecule has 0 aliphatic heterocycles. The van der Waals surface area contributed by atoms with E-state index in [0.29, 0.717) is 10.7 Å². The van der Waals surface area contributed by atoms with E-state index in [2.05, 4.69) is 29.3 Å². The van der Waals surface area contributed by atoms with Crippen LogP contribution in [0.4, 0.5) is 11.4 Å². The molecule has 3 rings (SSSR count). The average molecular weight is 416 g/mol. The lowest BCUT2D eigenvalue weighted by atomic mass is 10.1. The minimum atomic E-state index is -0.455. The van der Waals surface area contributed by atoms with Crippen molar-refractivity contribution in [1.82, 2.24) is 0 Å². The van der Waals surface area contributed by atoms with Gasteiger partial charge in [-0.3, -0.25) is 4.79 Å². The van der Waals surface area contributed by atoms with Gasteiger partial charge in [-0.25, -0.2) is 0 Å². The molecular formula is C25H22ClN3O. The average Bonchev–Trinajstić information content (AvgIpc) is 2.78. The highest BCUT2D eigenvalue weighted by Gasteiger charge is 2.10. The first-order chi connectivity index (χ1) is 14.6. The zero-order chi connectivity index (χ0) is 21.3. The second-order valence-electron chi connectivity index (χ2n) is 6.72. The Morgan fingerprint density at radius 1 is 1.03 bits per heavy atom. The number of anilines is 2. The molecule has 0 saturated carbocycles. The Hall–Kier alpha value is -3.55. The summed E-state index contributed by atoms with van der Waals surface area (Å²) in [5, 5.41) is 12.7. The zero-order valence-electron chi connectivity index (χ0n) is 16.7. The van der Waals surface area contributed by atoms with Crippen LogP contribution in [0.25, 0.3) is 6.08 Å². The van der Waals surface area contributed by atoms with E-state index in [1.165, 1.54) is 5.56 Å². The second-order valence-corrected chi connectivity index (χ2v) is 7.16. The second kappa shape index (κ2) is 10.3. The molecule has 0 radical (unpaired) electrons. The van der Waals surface area contributed by atoms with Crippen LogP contribution in [-0.4, -0.2) is 12.5 Å². The number of hydrogen-bond acceptors (Lipinski definition) is 3. The van der Waals surface area contributed by atoms with Gasteiger partial charge in [0.2, 0.25) is 0 Å². The SMILES string of the molecule is CCN(Cc1ccccc1)c1ccc(/C=C(\C#N)C(=O)Nc2ccc(Cl)cc2)cc1. The van der Waals surface area contributed by atoms with Crippen molar-refractivity contribution in [1.29, 1.82) is 5.26 Å². The normalized spacial score (nSPS) is 10.9. The third-order valence-corrected chi connectivity index (χ3v) is 4.89. The Bertz CT molecular complexity index is 1050. The molecule has 0 aliphatic carbocycles. The molecule has 1 amide bonds. The molecule has 4 nitrogen and oxygen atoms in total. The summed E-state index contributed by atoms with van der Waals surface area (Å²) in [5.41, 5.74) is 3.74. The van der Waals surface area contributed by atoms with Crippen LogP contribution in [0.1, 0.15) is 18.1 Å². The van der Waals surface area contributed by atoms with Crippen molar-refractivity contribution in [3.63, 3.8) is 0 Å². The van der Waals surface area contributed by atoms with Gasteiger partial charge >= 0.3 is 0 Å². The van der Waals surface area contributed by atoms with Crippen LogP contribution in [0.5, 0.6) is 0 Å². The fourth-order valence-electron chi connectivity index (χ4n) is 3.02. The van der Waals surface area contributed by atoms with E-state index in [9.17, 15) is 10.1 Å². The summed E-state index contributed by atoms with van der Waals surface area (Å²) >= 11 is 5.86. The Kier molecular flexibility index (Phi) is 7.26. The van der Waals surface area contributed by atoms with Crippen LogP contribution >= 0.6 is 11.6 Å². The summed E-state index contributed by atoms with van der Waals surface area (Å²) in [6.45, 7) is 3.81. The van der Waals surface area contributed by atoms with Gasteiger partial charge in [0.25, 0.3) is 5.91 Å². The van der Waals surface area contributed by atoms with Crippen LogP contribution in [0.15, 0.2) is 84.4 Å². The lowest BCUT2D eigenvalue weighted by Crippen LogP contribution is -2.21. The Balaban J connectivity index is 1.71. The first kappa shape index (κ1) is 21.2. The molecule has 1 N–H and O–H groups in total. The number of benzene rings is 3. The number of carbonyl (C=O) groups is 1. The fourth-order valence-corrected chi connectivity index (χ4v) is 3.14. The number of hydrogen-bond donors (Lipinski definition) is 1. The predicted octanol–water partition coefficient (Wildman–Crippen LogP) is 5.91. The number of nitrogens with one attached hydrogen (secondary N) is 1. The van der Waals surface area contributed by atoms with Crippen LogP contribution in [-0.2, 0) is 11.3 Å². The smallest absolute Gasteiger partial charge is 0.266 e. The standard InChI is InChI=1S/C25H22ClN3O/c1-2-29(18-20-6-4-3-5-7-20)24-14-8-19(9-15-24)16-21(17-27)25(30)28-23-12-10-22(26)11-13-23/h3-16H,2,18H2,1H3,(H,28,30)/b21-16+. The van der Waals surface area contributed by atoms with E-state index in [0.717, 1.165) is 24.3 Å². The molecule has 3 aromatic carbocycles. The van der Waals surface area contributed by atoms with Gasteiger partial charge in [-0.05, 0) is 60.5 Å². The molecule has 0 aliphatic rings. The van der Waals surface area contributed by atoms with Crippen molar-refractivity contribution in [3.05, 3.63) is 101 Å². The molecule has 0 aromatic heterocycles. The van der Waals surface area contributed by atoms with Gasteiger partial charge in [0.1, 0.15) is 11.6 Å². The van der Waals surface area contributed by atoms with Gasteiger partial charge in [0, 0.05) is 29.5 Å². The van der Waals surface area contributed by atoms with E-state index in [-0.39, 0.29) is 5.57 Å². The molecule has 3 aromatic rings. The largest absolute Gasteiger partial charge is 0.367 e. The Labute approximate surface area is 182 Å². The van der Waals surface area contributed by atoms with Gasteiger partial charge in [-0.2, -0.15) is 5.26 Å². The summed E-state index contributed by atoms with van der Waals surface area (Å²) in [7, 11) is 0. The van der Waals surface area contributed by atoms with E-state index < -0.39 is 5.91 Å². The van der Waals surface area contributed by atoms with Crippen LogP contribution in [0, 0.1) is 11.3 Å². The third-order valence-electron chi connectivity index (χ3n) is 4.63. The predicted molar refractivity (Wildman–Crippen MR) is 123 cm³/mol. The highest BCUT2D eigenvalue weighted by atomic mass is 35.5. The highest BCUT2D eigenvalue weighted by molar-refractivity contribution is 6.30. The van der Waals surface area contributed by atoms with Crippen LogP contribution in [0.2, 0.25) is 5.02 Å². The first-order valence-corrected chi connectivity index (χ1v) is 10.0. The highest BCUT2D eigenvalue weighted by Crippen LogP contribution is 2.20. The van der Waals surface area contributed by atoms with Crippen molar-refractivity contribution in [2.24, 2.45) is 0 Å². The minimum Gasteiger partial charge on any atom is -0.367 e. The molecule has 30 heavy (non-hydrogen) atoms. The minimum absolute atomic E-state index is 0.0364. The van der Waals surface area contributed by atoms with Gasteiger partial charge in [0.05, 0.1) is 0 Å². The monoisotopic (exact) mass is 415 g/mol. The molecule has 0 saturated heterocycles. The van der Waals surface area contributed by atoms with Gasteiger partial charge < -0.3 is 10.2 Å². The molecule has 0 atom stereocenters. The van der Waals surface area contributed by atoms with Gasteiger partial charge in [-0.15, -0.1) is 0 Å². The van der Waals surface area contributed by atoms with E-state index >= 15 is 0 Å². The number of nitriles is 1. The van der Waals surface area contributed by atoms with Crippen molar-refractivity contribution >= 4 is 35.0 Å². The van der Waals surface area contributed by atoms with E-state index in [1.54, 1.807) is 30.3 Å². The number of amides is 1. The van der Waals surface area contributed by atoms with Crippen LogP contribution in [0.3, 0.4) is 0 Å². The topological polar surface area (TPSA) is 56.1 Å².